The van der Waals surface area contributed by atoms with Crippen LogP contribution in [0.3, 0.4) is 0 Å². The molecule has 0 radical (unpaired) electrons. The van der Waals surface area contributed by atoms with Gasteiger partial charge in [-0.3, -0.25) is 14.5 Å². The lowest BCUT2D eigenvalue weighted by atomic mass is 9.78. The van der Waals surface area contributed by atoms with Gasteiger partial charge in [0.25, 0.3) is 5.91 Å². The third-order valence-electron chi connectivity index (χ3n) is 6.26. The summed E-state index contributed by atoms with van der Waals surface area (Å²) in [5.41, 5.74) is -0.109. The number of carboxylic acid groups (broad SMARTS) is 1. The van der Waals surface area contributed by atoms with Gasteiger partial charge >= 0.3 is 5.97 Å². The fourth-order valence-corrected chi connectivity index (χ4v) is 4.33. The van der Waals surface area contributed by atoms with Gasteiger partial charge in [-0.2, -0.15) is 0 Å². The van der Waals surface area contributed by atoms with Crippen molar-refractivity contribution in [2.75, 3.05) is 13.1 Å². The molecular formula is C21H23F2N3O4. The zero-order valence-corrected chi connectivity index (χ0v) is 16.5. The van der Waals surface area contributed by atoms with E-state index in [-0.39, 0.29) is 17.0 Å². The van der Waals surface area contributed by atoms with Crippen LogP contribution in [0.5, 0.6) is 0 Å². The van der Waals surface area contributed by atoms with Crippen LogP contribution in [0.2, 0.25) is 0 Å². The first-order valence-electron chi connectivity index (χ1n) is 10.0. The van der Waals surface area contributed by atoms with Gasteiger partial charge in [0, 0.05) is 37.3 Å². The third-order valence-corrected chi connectivity index (χ3v) is 6.26. The van der Waals surface area contributed by atoms with E-state index >= 15 is 0 Å². The first kappa shape index (κ1) is 20.5. The van der Waals surface area contributed by atoms with Gasteiger partial charge in [-0.05, 0) is 37.3 Å². The second-order valence-corrected chi connectivity index (χ2v) is 8.13. The molecule has 1 saturated heterocycles. The molecule has 2 heterocycles. The maximum Gasteiger partial charge on any atom is 0.309 e. The Balaban J connectivity index is 1.44. The van der Waals surface area contributed by atoms with Gasteiger partial charge in [0.15, 0.2) is 11.5 Å². The normalized spacial score (nSPS) is 26.8. The van der Waals surface area contributed by atoms with E-state index in [0.717, 1.165) is 18.9 Å². The van der Waals surface area contributed by atoms with E-state index in [1.54, 1.807) is 0 Å². The Hall–Kier alpha value is -2.81. The minimum atomic E-state index is -0.953. The Labute approximate surface area is 172 Å². The Morgan fingerprint density at radius 2 is 2.03 bits per heavy atom. The van der Waals surface area contributed by atoms with Gasteiger partial charge < -0.3 is 14.9 Å². The van der Waals surface area contributed by atoms with E-state index in [4.69, 9.17) is 4.52 Å². The quantitative estimate of drug-likeness (QED) is 0.774. The molecule has 9 heteroatoms. The maximum absolute atomic E-state index is 13.9. The number of carboxylic acids is 1. The molecule has 1 saturated carbocycles. The van der Waals surface area contributed by atoms with Crippen LogP contribution >= 0.6 is 0 Å². The van der Waals surface area contributed by atoms with Crippen LogP contribution in [0.4, 0.5) is 8.78 Å². The van der Waals surface area contributed by atoms with Crippen molar-refractivity contribution in [2.24, 2.45) is 11.8 Å². The molecule has 160 valence electrons. The largest absolute Gasteiger partial charge is 0.481 e. The minimum Gasteiger partial charge on any atom is -0.481 e. The molecule has 0 bridgehead atoms. The molecule has 1 aromatic heterocycles. The Kier molecular flexibility index (Phi) is 5.55. The summed E-state index contributed by atoms with van der Waals surface area (Å²) in [5, 5.41) is 16.1. The number of likely N-dealkylation sites (tertiary alicyclic amines) is 1. The van der Waals surface area contributed by atoms with Gasteiger partial charge in [-0.25, -0.2) is 8.78 Å². The molecule has 2 aliphatic rings. The van der Waals surface area contributed by atoms with Crippen molar-refractivity contribution in [1.82, 2.24) is 15.4 Å². The molecule has 1 aromatic carbocycles. The standard InChI is InChI=1S/C21H23F2N3O4/c1-11-2-5-18(11)26-7-6-16(14(10-26)21(28)29)24-20(27)17-9-19(30-25-17)13-4-3-12(22)8-15(13)23/h3-4,8-9,11,14,16,18H,2,5-7,10H2,1H3,(H,24,27)(H,28,29)/t11-,14+,16+,18+/m0/s1. The molecular weight excluding hydrogens is 396 g/mol. The van der Waals surface area contributed by atoms with Gasteiger partial charge in [-0.15, -0.1) is 0 Å². The van der Waals surface area contributed by atoms with E-state index in [2.05, 4.69) is 22.3 Å². The van der Waals surface area contributed by atoms with Crippen LogP contribution in [0.1, 0.15) is 36.7 Å². The summed E-state index contributed by atoms with van der Waals surface area (Å²) < 4.78 is 32.0. The summed E-state index contributed by atoms with van der Waals surface area (Å²) in [4.78, 5) is 26.6. The highest BCUT2D eigenvalue weighted by atomic mass is 19.1. The molecule has 2 fully saturated rings. The SMILES string of the molecule is C[C@H]1CC[C@H]1N1CC[C@@H](NC(=O)c2cc(-c3ccc(F)cc3F)on2)[C@H](C(=O)O)C1. The number of hydrogen-bond donors (Lipinski definition) is 2. The van der Waals surface area contributed by atoms with Crippen LogP contribution in [-0.2, 0) is 4.79 Å². The number of rotatable bonds is 5. The predicted molar refractivity (Wildman–Crippen MR) is 103 cm³/mol. The molecule has 30 heavy (non-hydrogen) atoms. The molecule has 1 amide bonds. The summed E-state index contributed by atoms with van der Waals surface area (Å²) in [6.07, 6.45) is 2.75. The number of benzene rings is 1. The second kappa shape index (κ2) is 8.14. The number of amides is 1. The molecule has 0 unspecified atom stereocenters. The van der Waals surface area contributed by atoms with E-state index in [1.807, 2.05) is 0 Å². The first-order chi connectivity index (χ1) is 14.3. The zero-order chi connectivity index (χ0) is 21.4. The van der Waals surface area contributed by atoms with E-state index in [0.29, 0.717) is 37.5 Å². The van der Waals surface area contributed by atoms with Gasteiger partial charge in [0.1, 0.15) is 11.6 Å². The Morgan fingerprint density at radius 1 is 1.23 bits per heavy atom. The second-order valence-electron chi connectivity index (χ2n) is 8.13. The smallest absolute Gasteiger partial charge is 0.309 e. The number of halogens is 2. The molecule has 1 aliphatic heterocycles. The summed E-state index contributed by atoms with van der Waals surface area (Å²) in [5.74, 6) is -3.28. The number of aliphatic carboxylic acids is 1. The molecule has 4 rings (SSSR count). The average Bonchev–Trinajstić information content (AvgIpc) is 3.17. The van der Waals surface area contributed by atoms with Crippen molar-refractivity contribution in [1.29, 1.82) is 0 Å². The number of carbonyl (C=O) groups is 2. The monoisotopic (exact) mass is 419 g/mol. The fourth-order valence-electron chi connectivity index (χ4n) is 4.33. The van der Waals surface area contributed by atoms with Crippen molar-refractivity contribution < 1.29 is 28.0 Å². The highest BCUT2D eigenvalue weighted by Crippen LogP contribution is 2.34. The van der Waals surface area contributed by atoms with Crippen LogP contribution < -0.4 is 5.32 Å². The topological polar surface area (TPSA) is 95.7 Å². The van der Waals surface area contributed by atoms with Crippen LogP contribution in [0, 0.1) is 23.5 Å². The average molecular weight is 419 g/mol. The van der Waals surface area contributed by atoms with E-state index < -0.39 is 35.5 Å². The minimum absolute atomic E-state index is 0.0128. The van der Waals surface area contributed by atoms with Crippen LogP contribution in [0.15, 0.2) is 28.8 Å². The highest BCUT2D eigenvalue weighted by Gasteiger charge is 2.41. The molecule has 0 spiro atoms. The summed E-state index contributed by atoms with van der Waals surface area (Å²) in [6.45, 7) is 3.28. The number of hydrogen-bond acceptors (Lipinski definition) is 5. The fraction of sp³-hybridized carbons (Fsp3) is 0.476. The predicted octanol–water partition coefficient (Wildman–Crippen LogP) is 2.92. The van der Waals surface area contributed by atoms with Gasteiger partial charge in [0.2, 0.25) is 0 Å². The van der Waals surface area contributed by atoms with Crippen molar-refractivity contribution >= 4 is 11.9 Å². The lowest BCUT2D eigenvalue weighted by Crippen LogP contribution is -2.58. The number of carbonyl (C=O) groups excluding carboxylic acids is 1. The first-order valence-corrected chi connectivity index (χ1v) is 10.0. The van der Waals surface area contributed by atoms with E-state index in [1.165, 1.54) is 12.1 Å². The summed E-state index contributed by atoms with van der Waals surface area (Å²) in [7, 11) is 0. The Bertz CT molecular complexity index is 963. The molecule has 2 N–H and O–H groups in total. The number of nitrogens with one attached hydrogen (secondary N) is 1. The van der Waals surface area contributed by atoms with Crippen molar-refractivity contribution in [3.05, 3.63) is 41.6 Å². The van der Waals surface area contributed by atoms with Gasteiger partial charge in [-0.1, -0.05) is 12.1 Å². The summed E-state index contributed by atoms with van der Waals surface area (Å²) >= 11 is 0. The third kappa shape index (κ3) is 3.94. The summed E-state index contributed by atoms with van der Waals surface area (Å²) in [6, 6.07) is 4.12. The van der Waals surface area contributed by atoms with Crippen molar-refractivity contribution in [3.8, 4) is 11.3 Å². The molecule has 7 nitrogen and oxygen atoms in total. The maximum atomic E-state index is 13.9. The lowest BCUT2D eigenvalue weighted by molar-refractivity contribution is -0.145. The highest BCUT2D eigenvalue weighted by molar-refractivity contribution is 5.93. The number of aromatic nitrogens is 1. The lowest BCUT2D eigenvalue weighted by Gasteiger charge is -2.47. The van der Waals surface area contributed by atoms with Crippen molar-refractivity contribution in [3.63, 3.8) is 0 Å². The molecule has 2 aromatic rings. The van der Waals surface area contributed by atoms with Crippen molar-refractivity contribution in [2.45, 2.75) is 38.3 Å². The molecule has 1 aliphatic carbocycles. The zero-order valence-electron chi connectivity index (χ0n) is 16.5. The number of piperidine rings is 1. The Morgan fingerprint density at radius 3 is 2.67 bits per heavy atom. The van der Waals surface area contributed by atoms with Gasteiger partial charge in [0.05, 0.1) is 11.5 Å². The number of nitrogens with zero attached hydrogens (tertiary/aromatic N) is 2. The van der Waals surface area contributed by atoms with Crippen LogP contribution in [0.25, 0.3) is 11.3 Å². The van der Waals surface area contributed by atoms with E-state index in [9.17, 15) is 23.5 Å². The van der Waals surface area contributed by atoms with Crippen LogP contribution in [-0.4, -0.2) is 52.2 Å². The molecule has 4 atom stereocenters.